The summed E-state index contributed by atoms with van der Waals surface area (Å²) in [5.74, 6) is 0.600. The zero-order chi connectivity index (χ0) is 45.6. The van der Waals surface area contributed by atoms with Gasteiger partial charge in [0.25, 0.3) is 0 Å². The van der Waals surface area contributed by atoms with Gasteiger partial charge in [-0.2, -0.15) is 0 Å². The number of benzene rings is 10. The first-order chi connectivity index (χ1) is 34.7. The second kappa shape index (κ2) is 14.3. The highest BCUT2D eigenvalue weighted by atomic mass is 32.1. The Kier molecular flexibility index (Phi) is 7.82. The van der Waals surface area contributed by atoms with Gasteiger partial charge in [0.15, 0.2) is 5.84 Å². The van der Waals surface area contributed by atoms with Crippen molar-refractivity contribution in [1.82, 2.24) is 9.13 Å². The summed E-state index contributed by atoms with van der Waals surface area (Å²) in [7, 11) is 0. The first kappa shape index (κ1) is 38.2. The third kappa shape index (κ3) is 5.25. The molecule has 4 aromatic heterocycles. The Bertz CT molecular complexity index is 4710. The number of allylic oxidation sites excluding steroid dienone is 1. The highest BCUT2D eigenvalue weighted by molar-refractivity contribution is 7.26. The monoisotopic (exact) mass is 910 g/mol. The second-order valence-electron chi connectivity index (χ2n) is 18.7. The van der Waals surface area contributed by atoms with E-state index >= 15 is 0 Å². The largest absolute Gasteiger partial charge is 0.456 e. The van der Waals surface area contributed by atoms with Gasteiger partial charge in [0.05, 0.1) is 50.2 Å². The van der Waals surface area contributed by atoms with Crippen molar-refractivity contribution < 1.29 is 4.42 Å². The lowest BCUT2D eigenvalue weighted by molar-refractivity contribution is 0.669. The van der Waals surface area contributed by atoms with E-state index in [2.05, 4.69) is 221 Å². The van der Waals surface area contributed by atoms with E-state index < -0.39 is 0 Å². The standard InChI is InChI=1S/C64H38N4OS/c1-2-16-38-36-55-50(35-37(38)15-1)41-19-5-10-28-54(41)68(55)62-46(32-34-57-59(62)47-21-6-11-29-56(47)69-57)51-33-31-43-39-17-3-8-26-52(39)67-53-27-9-4-18-40(53)44-22-13-24-48(61(44)67)60(43)66-64(65-51)49-25-14-23-45-42-20-7-12-30-58(42)70-63(45)49/h1-30,32-36,43H,31H2. The quantitative estimate of drug-likeness (QED) is 0.174. The maximum atomic E-state index is 6.75. The maximum absolute atomic E-state index is 6.75. The molecule has 0 saturated heterocycles. The lowest BCUT2D eigenvalue weighted by Gasteiger charge is -2.23. The summed E-state index contributed by atoms with van der Waals surface area (Å²) in [6.45, 7) is 0. The molecule has 0 spiro atoms. The maximum Gasteiger partial charge on any atom is 0.161 e. The molecule has 0 fully saturated rings. The van der Waals surface area contributed by atoms with E-state index in [1.807, 2.05) is 11.3 Å². The van der Waals surface area contributed by atoms with Crippen molar-refractivity contribution in [2.45, 2.75) is 12.3 Å². The Labute approximate surface area is 404 Å². The van der Waals surface area contributed by atoms with Gasteiger partial charge in [-0.1, -0.05) is 152 Å². The number of nitrogens with zero attached hydrogens (tertiary/aromatic N) is 4. The molecule has 1 unspecified atom stereocenters. The van der Waals surface area contributed by atoms with E-state index in [9.17, 15) is 0 Å². The number of rotatable bonds is 3. The van der Waals surface area contributed by atoms with Crippen LogP contribution < -0.4 is 0 Å². The molecule has 0 bridgehead atoms. The zero-order valence-electron chi connectivity index (χ0n) is 37.6. The lowest BCUT2D eigenvalue weighted by Crippen LogP contribution is -2.18. The van der Waals surface area contributed by atoms with Gasteiger partial charge in [0.1, 0.15) is 11.2 Å². The van der Waals surface area contributed by atoms with Gasteiger partial charge < -0.3 is 13.6 Å². The summed E-state index contributed by atoms with van der Waals surface area (Å²) < 4.78 is 14.1. The Morgan fingerprint density at radius 2 is 1.14 bits per heavy atom. The summed E-state index contributed by atoms with van der Waals surface area (Å²) >= 11 is 1.82. The van der Waals surface area contributed by atoms with Crippen LogP contribution in [-0.4, -0.2) is 20.7 Å². The van der Waals surface area contributed by atoms with Gasteiger partial charge in [-0.15, -0.1) is 11.3 Å². The number of furan rings is 1. The fourth-order valence-electron chi connectivity index (χ4n) is 12.0. The van der Waals surface area contributed by atoms with Gasteiger partial charge in [-0.25, -0.2) is 9.98 Å². The van der Waals surface area contributed by atoms with Crippen LogP contribution in [0.25, 0.3) is 114 Å². The van der Waals surface area contributed by atoms with Crippen LogP contribution in [0.4, 0.5) is 0 Å². The molecular weight excluding hydrogens is 873 g/mol. The molecule has 10 aromatic carbocycles. The molecule has 6 heterocycles. The predicted octanol–water partition coefficient (Wildman–Crippen LogP) is 17.1. The van der Waals surface area contributed by atoms with E-state index in [1.165, 1.54) is 74.8 Å². The van der Waals surface area contributed by atoms with Crippen LogP contribution in [0.3, 0.4) is 0 Å². The average Bonchev–Trinajstić information content (AvgIpc) is 4.14. The van der Waals surface area contributed by atoms with E-state index in [4.69, 9.17) is 14.4 Å². The molecule has 2 aliphatic rings. The number of aliphatic imine (C=N–C) groups is 2. The molecule has 6 heteroatoms. The van der Waals surface area contributed by atoms with Crippen LogP contribution in [0.1, 0.15) is 34.6 Å². The van der Waals surface area contributed by atoms with Crippen molar-refractivity contribution in [2.75, 3.05) is 0 Å². The summed E-state index contributed by atoms with van der Waals surface area (Å²) in [6, 6.07) is 75.0. The van der Waals surface area contributed by atoms with E-state index in [-0.39, 0.29) is 5.92 Å². The average molecular weight is 911 g/mol. The second-order valence-corrected chi connectivity index (χ2v) is 19.8. The van der Waals surface area contributed by atoms with Gasteiger partial charge in [-0.3, -0.25) is 0 Å². The summed E-state index contributed by atoms with van der Waals surface area (Å²) in [6.07, 6.45) is 3.08. The SMILES string of the molecule is C1=C(c2ccc3oc4ccccc4c3c2-n2c3ccccc3c3cc4ccccc4cc32)N=C(c2cccc3c2sc2ccccc23)N=C2c3cccc4c5ccccc5n(c34)-c3ccccc3C2C1. The predicted molar refractivity (Wildman–Crippen MR) is 294 cm³/mol. The summed E-state index contributed by atoms with van der Waals surface area (Å²) in [5, 5.41) is 11.8. The molecule has 0 amide bonds. The summed E-state index contributed by atoms with van der Waals surface area (Å²) in [4.78, 5) is 11.9. The van der Waals surface area contributed by atoms with Crippen LogP contribution in [0.15, 0.2) is 227 Å². The van der Waals surface area contributed by atoms with Gasteiger partial charge >= 0.3 is 0 Å². The number of hydrogen-bond acceptors (Lipinski definition) is 4. The molecule has 0 saturated carbocycles. The highest BCUT2D eigenvalue weighted by Gasteiger charge is 2.33. The lowest BCUT2D eigenvalue weighted by atomic mass is 9.85. The molecule has 16 rings (SSSR count). The van der Waals surface area contributed by atoms with E-state index in [1.54, 1.807) is 0 Å². The molecule has 14 aromatic rings. The van der Waals surface area contributed by atoms with Crippen molar-refractivity contribution in [3.05, 3.63) is 235 Å². The molecule has 326 valence electrons. The minimum atomic E-state index is -0.0934. The zero-order valence-corrected chi connectivity index (χ0v) is 38.4. The number of fused-ring (bicyclic) bond motifs is 18. The molecule has 5 nitrogen and oxygen atoms in total. The topological polar surface area (TPSA) is 47.7 Å². The van der Waals surface area contributed by atoms with Crippen LogP contribution in [-0.2, 0) is 0 Å². The Balaban J connectivity index is 1.05. The molecular formula is C64H38N4OS. The molecule has 70 heavy (non-hydrogen) atoms. The molecule has 0 aliphatic carbocycles. The first-order valence-corrected chi connectivity index (χ1v) is 24.8. The van der Waals surface area contributed by atoms with Crippen LogP contribution >= 0.6 is 11.3 Å². The van der Waals surface area contributed by atoms with Crippen molar-refractivity contribution in [2.24, 2.45) is 9.98 Å². The van der Waals surface area contributed by atoms with Crippen LogP contribution in [0, 0.1) is 0 Å². The normalized spacial score (nSPS) is 14.9. The smallest absolute Gasteiger partial charge is 0.161 e. The van der Waals surface area contributed by atoms with Crippen molar-refractivity contribution >= 4 is 125 Å². The first-order valence-electron chi connectivity index (χ1n) is 24.0. The Morgan fingerprint density at radius 1 is 0.471 bits per heavy atom. The van der Waals surface area contributed by atoms with Crippen LogP contribution in [0.2, 0.25) is 0 Å². The third-order valence-corrected chi connectivity index (χ3v) is 16.3. The van der Waals surface area contributed by atoms with Crippen molar-refractivity contribution in [3.8, 4) is 11.4 Å². The van der Waals surface area contributed by atoms with Gasteiger partial charge in [0, 0.05) is 69.7 Å². The number of aromatic nitrogens is 2. The van der Waals surface area contributed by atoms with Gasteiger partial charge in [-0.05, 0) is 83.4 Å². The number of hydrogen-bond donors (Lipinski definition) is 0. The number of thiophene rings is 1. The Morgan fingerprint density at radius 3 is 2.01 bits per heavy atom. The third-order valence-electron chi connectivity index (χ3n) is 15.1. The van der Waals surface area contributed by atoms with Crippen LogP contribution in [0.5, 0.6) is 0 Å². The fraction of sp³-hybridized carbons (Fsp3) is 0.0312. The fourth-order valence-corrected chi connectivity index (χ4v) is 13.3. The number of amidine groups is 1. The van der Waals surface area contributed by atoms with E-state index in [0.717, 1.165) is 66.8 Å². The summed E-state index contributed by atoms with van der Waals surface area (Å²) in [5.41, 5.74) is 14.8. The highest BCUT2D eigenvalue weighted by Crippen LogP contribution is 2.47. The molecule has 0 radical (unpaired) electrons. The van der Waals surface area contributed by atoms with Crippen molar-refractivity contribution in [1.29, 1.82) is 0 Å². The molecule has 0 N–H and O–H groups in total. The molecule has 1 atom stereocenters. The number of para-hydroxylation sites is 5. The Hall–Kier alpha value is -8.84. The minimum Gasteiger partial charge on any atom is -0.456 e. The van der Waals surface area contributed by atoms with Gasteiger partial charge in [0.2, 0.25) is 0 Å². The molecule has 2 aliphatic heterocycles. The van der Waals surface area contributed by atoms with E-state index in [0.29, 0.717) is 12.3 Å². The van der Waals surface area contributed by atoms with Crippen molar-refractivity contribution in [3.63, 3.8) is 0 Å². The minimum absolute atomic E-state index is 0.0934.